The van der Waals surface area contributed by atoms with Crippen LogP contribution >= 0.6 is 34.0 Å². The molecule has 0 bridgehead atoms. The minimum atomic E-state index is 0. The molecule has 0 aliphatic heterocycles. The predicted octanol–water partition coefficient (Wildman–Crippen LogP) is 4.53. The van der Waals surface area contributed by atoms with Crippen molar-refractivity contribution < 1.29 is 19.2 Å². The van der Waals surface area contributed by atoms with Gasteiger partial charge in [-0.3, -0.25) is 12.2 Å². The Kier molecular flexibility index (Phi) is 40.0. The van der Waals surface area contributed by atoms with Gasteiger partial charge in [-0.2, -0.15) is 12.2 Å². The Morgan fingerprint density at radius 1 is 0.889 bits per heavy atom. The number of allylic oxidation sites excluding steroid dienone is 8. The third kappa shape index (κ3) is 19.2. The molecule has 0 N–H and O–H groups in total. The van der Waals surface area contributed by atoms with Gasteiger partial charge >= 0.3 is 26.8 Å². The van der Waals surface area contributed by atoms with Gasteiger partial charge in [-0.25, -0.2) is 23.3 Å². The molecule has 0 saturated heterocycles. The molecule has 0 fully saturated rings. The minimum absolute atomic E-state index is 0. The first-order valence-corrected chi connectivity index (χ1v) is 8.64. The van der Waals surface area contributed by atoms with E-state index in [1.807, 2.05) is 26.8 Å². The molecule has 0 nitrogen and oxygen atoms in total. The van der Waals surface area contributed by atoms with Crippen LogP contribution in [-0.4, -0.2) is 7.63 Å². The molecule has 0 aromatic rings. The van der Waals surface area contributed by atoms with Crippen LogP contribution in [0.1, 0.15) is 26.7 Å². The van der Waals surface area contributed by atoms with Crippen molar-refractivity contribution in [2.24, 2.45) is 0 Å². The van der Waals surface area contributed by atoms with Gasteiger partial charge in [0.1, 0.15) is 0 Å². The second-order valence-corrected chi connectivity index (χ2v) is 2.93. The summed E-state index contributed by atoms with van der Waals surface area (Å²) in [5.74, 6) is 0. The van der Waals surface area contributed by atoms with Crippen molar-refractivity contribution in [2.45, 2.75) is 26.7 Å². The Bertz CT molecular complexity index is 248. The van der Waals surface area contributed by atoms with Crippen LogP contribution in [0.2, 0.25) is 0 Å². The van der Waals surface area contributed by atoms with Crippen molar-refractivity contribution >= 4 is 41.6 Å². The molecule has 0 heterocycles. The zero-order chi connectivity index (χ0) is 10.8. The first-order chi connectivity index (χ1) is 6.79. The summed E-state index contributed by atoms with van der Waals surface area (Å²) in [6, 6.07) is 0. The third-order valence-electron chi connectivity index (χ3n) is 1.73. The fourth-order valence-electron chi connectivity index (χ4n) is 1.03. The van der Waals surface area contributed by atoms with Gasteiger partial charge in [0.25, 0.3) is 0 Å². The van der Waals surface area contributed by atoms with Crippen LogP contribution in [0.15, 0.2) is 35.5 Å². The molecular formula is C14H24Br2SiTi-4. The molecule has 0 unspecified atom stereocenters. The molecule has 2 aliphatic carbocycles. The van der Waals surface area contributed by atoms with Gasteiger partial charge < -0.3 is 14.9 Å². The standard InChI is InChI=1S/2C6H7.2CH3.2BrH.H2Si.Ti/c2*1-6-4-2-3-5-6;;;;;;/h2*2,4H,3H2,1H3;2*1H3;2*1H;1H2;/q4*-1;;;;. The molecule has 4 heteroatoms. The number of hydrogen-bond donors (Lipinski definition) is 0. The van der Waals surface area contributed by atoms with Crippen LogP contribution in [0.3, 0.4) is 0 Å². The topological polar surface area (TPSA) is 0 Å². The number of hydrogen-bond acceptors (Lipinski definition) is 0. The van der Waals surface area contributed by atoms with Crippen LogP contribution in [0.25, 0.3) is 0 Å². The van der Waals surface area contributed by atoms with E-state index in [0.29, 0.717) is 0 Å². The summed E-state index contributed by atoms with van der Waals surface area (Å²) < 4.78 is 0. The van der Waals surface area contributed by atoms with Crippen molar-refractivity contribution in [3.63, 3.8) is 0 Å². The summed E-state index contributed by atoms with van der Waals surface area (Å²) in [4.78, 5) is 0. The Hall–Kier alpha value is 0.851. The number of rotatable bonds is 0. The van der Waals surface area contributed by atoms with E-state index >= 15 is 0 Å². The first-order valence-electron chi connectivity index (χ1n) is 4.62. The predicted molar refractivity (Wildman–Crippen MR) is 94.4 cm³/mol. The third-order valence-corrected chi connectivity index (χ3v) is 1.73. The van der Waals surface area contributed by atoms with Crippen molar-refractivity contribution in [3.8, 4) is 0 Å². The molecule has 18 heavy (non-hydrogen) atoms. The zero-order valence-corrected chi connectivity index (χ0v) is 18.1. The van der Waals surface area contributed by atoms with Crippen LogP contribution < -0.4 is 0 Å². The fraction of sp³-hybridized carbons (Fsp3) is 0.286. The summed E-state index contributed by atoms with van der Waals surface area (Å²) in [5, 5.41) is 0. The van der Waals surface area contributed by atoms with E-state index in [9.17, 15) is 0 Å². The van der Waals surface area contributed by atoms with Crippen LogP contribution in [0.5, 0.6) is 0 Å². The summed E-state index contributed by atoms with van der Waals surface area (Å²) in [6.45, 7) is 4.12. The van der Waals surface area contributed by atoms with Gasteiger partial charge in [-0.05, 0) is 0 Å². The van der Waals surface area contributed by atoms with Gasteiger partial charge in [0.05, 0.1) is 0 Å². The SMILES string of the molecule is Br.Br.CC1=[C-]CC=C1.CC1=[C-]CC=C1.[CH3-].[CH3-].[SiH2]=[Ti]. The maximum atomic E-state index is 3.12. The van der Waals surface area contributed by atoms with E-state index in [-0.39, 0.29) is 48.8 Å². The van der Waals surface area contributed by atoms with E-state index in [1.165, 1.54) is 11.1 Å². The van der Waals surface area contributed by atoms with E-state index in [4.69, 9.17) is 0 Å². The second kappa shape index (κ2) is 23.0. The van der Waals surface area contributed by atoms with Crippen molar-refractivity contribution in [2.75, 3.05) is 0 Å². The molecule has 0 amide bonds. The van der Waals surface area contributed by atoms with Crippen molar-refractivity contribution in [1.29, 1.82) is 0 Å². The molecule has 0 aromatic heterocycles. The van der Waals surface area contributed by atoms with Gasteiger partial charge in [-0.1, -0.05) is 13.8 Å². The summed E-state index contributed by atoms with van der Waals surface area (Å²) in [7, 11) is 1.86. The van der Waals surface area contributed by atoms with Crippen LogP contribution in [0, 0.1) is 27.0 Å². The normalized spacial score (nSPS) is 12.5. The summed E-state index contributed by atoms with van der Waals surface area (Å²) >= 11 is 2.03. The Labute approximate surface area is 149 Å². The second-order valence-electron chi connectivity index (χ2n) is 2.93. The molecule has 106 valence electrons. The number of halogens is 2. The molecule has 0 saturated carbocycles. The fourth-order valence-corrected chi connectivity index (χ4v) is 1.03. The van der Waals surface area contributed by atoms with E-state index in [2.05, 4.69) is 50.3 Å². The van der Waals surface area contributed by atoms with Crippen LogP contribution in [0.4, 0.5) is 0 Å². The average molecular weight is 428 g/mol. The van der Waals surface area contributed by atoms with E-state index in [1.54, 1.807) is 0 Å². The first kappa shape index (κ1) is 31.3. The van der Waals surface area contributed by atoms with Gasteiger partial charge in [0.15, 0.2) is 0 Å². The molecule has 0 aromatic carbocycles. The molecule has 0 spiro atoms. The average Bonchev–Trinajstić information content (AvgIpc) is 2.83. The van der Waals surface area contributed by atoms with Crippen molar-refractivity contribution in [1.82, 2.24) is 0 Å². The summed E-state index contributed by atoms with van der Waals surface area (Å²) in [5.41, 5.74) is 2.55. The monoisotopic (exact) mass is 426 g/mol. The molecule has 2 aliphatic rings. The quantitative estimate of drug-likeness (QED) is 0.393. The van der Waals surface area contributed by atoms with Gasteiger partial charge in [0, 0.05) is 0 Å². The van der Waals surface area contributed by atoms with E-state index < -0.39 is 0 Å². The Morgan fingerprint density at radius 3 is 1.22 bits per heavy atom. The summed E-state index contributed by atoms with van der Waals surface area (Å²) in [6.07, 6.45) is 16.7. The Balaban J connectivity index is -0.0000000460. The zero-order valence-electron chi connectivity index (χ0n) is 11.7. The maximum absolute atomic E-state index is 3.12. The van der Waals surface area contributed by atoms with Gasteiger partial charge in [0.2, 0.25) is 0 Å². The molecule has 2 rings (SSSR count). The Morgan fingerprint density at radius 2 is 1.17 bits per heavy atom. The molecular weight excluding hydrogens is 404 g/mol. The van der Waals surface area contributed by atoms with E-state index in [0.717, 1.165) is 12.8 Å². The molecule has 0 atom stereocenters. The molecule has 0 radical (unpaired) electrons. The van der Waals surface area contributed by atoms with Crippen molar-refractivity contribution in [3.05, 3.63) is 62.5 Å². The van der Waals surface area contributed by atoms with Crippen LogP contribution in [-0.2, 0) is 19.2 Å². The van der Waals surface area contributed by atoms with Gasteiger partial charge in [-0.15, -0.1) is 46.8 Å².